The number of carbonyl (C=O) groups excluding carboxylic acids is 1. The number of rotatable bonds is 4. The van der Waals surface area contributed by atoms with Crippen molar-refractivity contribution in [2.45, 2.75) is 70.4 Å². The molecule has 0 aliphatic heterocycles. The van der Waals surface area contributed by atoms with Crippen LogP contribution in [0.5, 0.6) is 0 Å². The first-order valence-electron chi connectivity index (χ1n) is 8.24. The summed E-state index contributed by atoms with van der Waals surface area (Å²) in [5.74, 6) is -0.171. The van der Waals surface area contributed by atoms with Crippen LogP contribution in [0.4, 0.5) is 4.79 Å². The molecule has 120 valence electrons. The number of carboxylic acid groups (broad SMARTS) is 1. The lowest BCUT2D eigenvalue weighted by atomic mass is 9.87. The Labute approximate surface area is 127 Å². The molecule has 2 aliphatic rings. The Morgan fingerprint density at radius 2 is 1.57 bits per heavy atom. The Hall–Kier alpha value is -1.26. The van der Waals surface area contributed by atoms with Crippen LogP contribution >= 0.6 is 0 Å². The van der Waals surface area contributed by atoms with E-state index in [0.29, 0.717) is 0 Å². The Morgan fingerprint density at radius 3 is 2.10 bits per heavy atom. The highest BCUT2D eigenvalue weighted by atomic mass is 16.4. The van der Waals surface area contributed by atoms with Crippen LogP contribution in [0.1, 0.15) is 58.3 Å². The lowest BCUT2D eigenvalue weighted by molar-refractivity contribution is -0.138. The molecule has 2 rings (SSSR count). The molecule has 0 aromatic carbocycles. The maximum Gasteiger partial charge on any atom is 0.323 e. The average molecular weight is 296 g/mol. The highest BCUT2D eigenvalue weighted by Gasteiger charge is 2.33. The molecule has 0 atom stereocenters. The SMILES string of the molecule is CC1CCC(N(C)C(=O)N(CC(=O)O)C2CCCC2)CC1. The zero-order valence-corrected chi connectivity index (χ0v) is 13.3. The Bertz CT molecular complexity index is 372. The summed E-state index contributed by atoms with van der Waals surface area (Å²) in [4.78, 5) is 27.2. The van der Waals surface area contributed by atoms with E-state index in [-0.39, 0.29) is 24.7 Å². The van der Waals surface area contributed by atoms with Crippen LogP contribution in [0.2, 0.25) is 0 Å². The molecule has 5 nitrogen and oxygen atoms in total. The number of hydrogen-bond donors (Lipinski definition) is 1. The second-order valence-electron chi connectivity index (χ2n) is 6.77. The summed E-state index contributed by atoms with van der Waals surface area (Å²) in [5, 5.41) is 9.11. The van der Waals surface area contributed by atoms with Crippen LogP contribution in [-0.2, 0) is 4.79 Å². The molecule has 21 heavy (non-hydrogen) atoms. The number of urea groups is 1. The van der Waals surface area contributed by atoms with E-state index in [9.17, 15) is 9.59 Å². The fourth-order valence-corrected chi connectivity index (χ4v) is 3.70. The van der Waals surface area contributed by atoms with Crippen LogP contribution < -0.4 is 0 Å². The highest BCUT2D eigenvalue weighted by Crippen LogP contribution is 2.29. The van der Waals surface area contributed by atoms with E-state index in [1.807, 2.05) is 7.05 Å². The van der Waals surface area contributed by atoms with Crippen molar-refractivity contribution in [3.8, 4) is 0 Å². The summed E-state index contributed by atoms with van der Waals surface area (Å²) in [7, 11) is 1.84. The molecule has 5 heteroatoms. The van der Waals surface area contributed by atoms with E-state index in [0.717, 1.165) is 57.3 Å². The fourth-order valence-electron chi connectivity index (χ4n) is 3.70. The quantitative estimate of drug-likeness (QED) is 0.867. The van der Waals surface area contributed by atoms with Crippen LogP contribution in [-0.4, -0.2) is 52.6 Å². The zero-order valence-electron chi connectivity index (χ0n) is 13.3. The van der Waals surface area contributed by atoms with E-state index in [1.165, 1.54) is 0 Å². The molecule has 0 saturated heterocycles. The number of hydrogen-bond acceptors (Lipinski definition) is 2. The van der Waals surface area contributed by atoms with E-state index >= 15 is 0 Å². The van der Waals surface area contributed by atoms with Crippen LogP contribution in [0.15, 0.2) is 0 Å². The molecule has 0 aromatic heterocycles. The van der Waals surface area contributed by atoms with Gasteiger partial charge < -0.3 is 14.9 Å². The van der Waals surface area contributed by atoms with Gasteiger partial charge in [-0.25, -0.2) is 4.79 Å². The van der Waals surface area contributed by atoms with E-state index in [4.69, 9.17) is 5.11 Å². The summed E-state index contributed by atoms with van der Waals surface area (Å²) in [6, 6.07) is 0.286. The summed E-state index contributed by atoms with van der Waals surface area (Å²) in [5.41, 5.74) is 0. The minimum Gasteiger partial charge on any atom is -0.480 e. The molecule has 2 fully saturated rings. The van der Waals surface area contributed by atoms with E-state index < -0.39 is 5.97 Å². The summed E-state index contributed by atoms with van der Waals surface area (Å²) < 4.78 is 0. The molecular formula is C16H28N2O3. The van der Waals surface area contributed by atoms with Gasteiger partial charge in [-0.05, 0) is 44.4 Å². The van der Waals surface area contributed by atoms with Gasteiger partial charge in [-0.2, -0.15) is 0 Å². The molecule has 0 aromatic rings. The Kier molecular flexibility index (Phi) is 5.48. The highest BCUT2D eigenvalue weighted by molar-refractivity contribution is 5.80. The molecular weight excluding hydrogens is 268 g/mol. The number of carbonyl (C=O) groups is 2. The predicted molar refractivity (Wildman–Crippen MR) is 81.2 cm³/mol. The van der Waals surface area contributed by atoms with Crippen LogP contribution in [0.25, 0.3) is 0 Å². The normalized spacial score (nSPS) is 26.6. The maximum atomic E-state index is 12.7. The van der Waals surface area contributed by atoms with Crippen molar-refractivity contribution in [1.29, 1.82) is 0 Å². The van der Waals surface area contributed by atoms with Crippen molar-refractivity contribution in [1.82, 2.24) is 9.80 Å². The first-order chi connectivity index (χ1) is 9.99. The second-order valence-corrected chi connectivity index (χ2v) is 6.77. The molecule has 2 aliphatic carbocycles. The van der Waals surface area contributed by atoms with Crippen molar-refractivity contribution in [3.63, 3.8) is 0 Å². The molecule has 0 heterocycles. The van der Waals surface area contributed by atoms with Gasteiger partial charge in [0.15, 0.2) is 0 Å². The van der Waals surface area contributed by atoms with Gasteiger partial charge in [0.2, 0.25) is 0 Å². The summed E-state index contributed by atoms with van der Waals surface area (Å²) >= 11 is 0. The number of aliphatic carboxylic acids is 1. The summed E-state index contributed by atoms with van der Waals surface area (Å²) in [6.45, 7) is 2.09. The minimum atomic E-state index is -0.916. The standard InChI is InChI=1S/C16H28N2O3/c1-12-7-9-13(10-8-12)17(2)16(21)18(11-15(19)20)14-5-3-4-6-14/h12-14H,3-11H2,1-2H3,(H,19,20). The molecule has 0 bridgehead atoms. The van der Waals surface area contributed by atoms with Crippen LogP contribution in [0.3, 0.4) is 0 Å². The third kappa shape index (κ3) is 4.11. The summed E-state index contributed by atoms with van der Waals surface area (Å²) in [6.07, 6.45) is 8.46. The van der Waals surface area contributed by atoms with Crippen molar-refractivity contribution in [2.24, 2.45) is 5.92 Å². The lowest BCUT2D eigenvalue weighted by Crippen LogP contribution is -2.51. The van der Waals surface area contributed by atoms with E-state index in [2.05, 4.69) is 6.92 Å². The first-order valence-corrected chi connectivity index (χ1v) is 8.24. The number of carboxylic acids is 1. The average Bonchev–Trinajstić information content (AvgIpc) is 2.98. The smallest absolute Gasteiger partial charge is 0.323 e. The minimum absolute atomic E-state index is 0.0937. The Balaban J connectivity index is 2.00. The topological polar surface area (TPSA) is 60.9 Å². The third-order valence-corrected chi connectivity index (χ3v) is 5.15. The van der Waals surface area contributed by atoms with Crippen molar-refractivity contribution < 1.29 is 14.7 Å². The molecule has 0 spiro atoms. The van der Waals surface area contributed by atoms with Gasteiger partial charge in [0.1, 0.15) is 6.54 Å². The first kappa shape index (κ1) is 16.1. The molecule has 1 N–H and O–H groups in total. The van der Waals surface area contributed by atoms with E-state index in [1.54, 1.807) is 9.80 Å². The molecule has 2 saturated carbocycles. The Morgan fingerprint density at radius 1 is 1.00 bits per heavy atom. The van der Waals surface area contributed by atoms with Gasteiger partial charge >= 0.3 is 12.0 Å². The molecule has 0 radical (unpaired) electrons. The van der Waals surface area contributed by atoms with Crippen molar-refractivity contribution in [2.75, 3.05) is 13.6 Å². The lowest BCUT2D eigenvalue weighted by Gasteiger charge is -2.38. The monoisotopic (exact) mass is 296 g/mol. The van der Waals surface area contributed by atoms with Crippen molar-refractivity contribution in [3.05, 3.63) is 0 Å². The van der Waals surface area contributed by atoms with Gasteiger partial charge in [-0.3, -0.25) is 4.79 Å². The molecule has 2 amide bonds. The number of amides is 2. The zero-order chi connectivity index (χ0) is 15.4. The number of nitrogens with zero attached hydrogens (tertiary/aromatic N) is 2. The van der Waals surface area contributed by atoms with Gasteiger partial charge in [0.25, 0.3) is 0 Å². The van der Waals surface area contributed by atoms with Crippen molar-refractivity contribution >= 4 is 12.0 Å². The van der Waals surface area contributed by atoms with Gasteiger partial charge in [-0.15, -0.1) is 0 Å². The van der Waals surface area contributed by atoms with Gasteiger partial charge in [0.05, 0.1) is 0 Å². The maximum absolute atomic E-state index is 12.7. The second kappa shape index (κ2) is 7.14. The fraction of sp³-hybridized carbons (Fsp3) is 0.875. The van der Waals surface area contributed by atoms with Gasteiger partial charge in [-0.1, -0.05) is 19.8 Å². The van der Waals surface area contributed by atoms with Gasteiger partial charge in [0, 0.05) is 19.1 Å². The molecule has 0 unspecified atom stereocenters. The largest absolute Gasteiger partial charge is 0.480 e. The predicted octanol–water partition coefficient (Wildman–Crippen LogP) is 2.95. The van der Waals surface area contributed by atoms with Crippen LogP contribution in [0, 0.1) is 5.92 Å². The third-order valence-electron chi connectivity index (χ3n) is 5.15.